The van der Waals surface area contributed by atoms with E-state index in [1.807, 2.05) is 0 Å². The minimum absolute atomic E-state index is 0.796. The van der Waals surface area contributed by atoms with Gasteiger partial charge in [0.25, 0.3) is 5.69 Å². The van der Waals surface area contributed by atoms with Gasteiger partial charge in [-0.2, -0.15) is 0 Å². The lowest BCUT2D eigenvalue weighted by molar-refractivity contribution is -0.391. The first-order valence-electron chi connectivity index (χ1n) is 2.33. The number of nitro groups is 1. The Hall–Kier alpha value is -1.99. The Kier molecular flexibility index (Phi) is 1.51. The molecule has 0 unspecified atom stereocenters. The van der Waals surface area contributed by atoms with Crippen molar-refractivity contribution in [3.8, 4) is 0 Å². The predicted octanol–water partition coefficient (Wildman–Crippen LogP) is -0.324. The molecule has 1 heterocycles. The number of hydrogen-bond donors (Lipinski definition) is 1. The second-order valence-electron chi connectivity index (χ2n) is 1.50. The zero-order valence-corrected chi connectivity index (χ0v) is 4.92. The zero-order valence-electron chi connectivity index (χ0n) is 4.92. The third-order valence-corrected chi connectivity index (χ3v) is 0.847. The van der Waals surface area contributed by atoms with Gasteiger partial charge < -0.3 is 15.2 Å². The minimum atomic E-state index is -1.54. The van der Waals surface area contributed by atoms with E-state index in [2.05, 4.69) is 14.9 Å². The van der Waals surface area contributed by atoms with Crippen LogP contribution >= 0.6 is 0 Å². The maximum atomic E-state index is 10.1. The average Bonchev–Trinajstić information content (AvgIpc) is 2.32. The normalized spacial score (nSPS) is 9.45. The second kappa shape index (κ2) is 2.33. The summed E-state index contributed by atoms with van der Waals surface area (Å²) >= 11 is 0. The van der Waals surface area contributed by atoms with Crippen molar-refractivity contribution in [2.45, 2.75) is 0 Å². The van der Waals surface area contributed by atoms with Crippen LogP contribution in [0.3, 0.4) is 0 Å². The maximum Gasteiger partial charge on any atom is 0.449 e. The second-order valence-corrected chi connectivity index (χ2v) is 1.50. The molecule has 0 amide bonds. The van der Waals surface area contributed by atoms with Gasteiger partial charge in [-0.3, -0.25) is 0 Å². The highest BCUT2D eigenvalue weighted by Crippen LogP contribution is 2.10. The minimum Gasteiger partial charge on any atom is -0.476 e. The lowest BCUT2D eigenvalue weighted by Crippen LogP contribution is -2.01. The third-order valence-electron chi connectivity index (χ3n) is 0.847. The molecule has 0 aromatic carbocycles. The lowest BCUT2D eigenvalue weighted by Gasteiger charge is -1.84. The van der Waals surface area contributed by atoms with Crippen molar-refractivity contribution in [3.05, 3.63) is 15.8 Å². The Balaban J connectivity index is 3.16. The van der Waals surface area contributed by atoms with Gasteiger partial charge in [-0.25, -0.2) is 4.79 Å². The van der Waals surface area contributed by atoms with Crippen LogP contribution in [0.25, 0.3) is 0 Å². The van der Waals surface area contributed by atoms with Crippen molar-refractivity contribution in [2.75, 3.05) is 0 Å². The molecule has 0 aliphatic carbocycles. The number of rotatable bonds is 2. The van der Waals surface area contributed by atoms with Crippen LogP contribution in [0.2, 0.25) is 0 Å². The van der Waals surface area contributed by atoms with Gasteiger partial charge in [-0.15, -0.1) is 4.63 Å². The SMILES string of the molecule is O=C(O)c1nonc1[N+](=O)[O-]. The molecule has 8 heteroatoms. The Morgan fingerprint density at radius 2 is 2.27 bits per heavy atom. The van der Waals surface area contributed by atoms with Gasteiger partial charge in [-0.05, 0) is 10.1 Å². The molecule has 58 valence electrons. The number of nitrogens with zero attached hydrogens (tertiary/aromatic N) is 3. The summed E-state index contributed by atoms with van der Waals surface area (Å²) in [5, 5.41) is 23.8. The van der Waals surface area contributed by atoms with Gasteiger partial charge in [0, 0.05) is 0 Å². The molecule has 0 saturated carbocycles. The van der Waals surface area contributed by atoms with Crippen LogP contribution in [0.4, 0.5) is 5.82 Å². The first kappa shape index (κ1) is 7.12. The van der Waals surface area contributed by atoms with Crippen molar-refractivity contribution in [3.63, 3.8) is 0 Å². The monoisotopic (exact) mass is 159 g/mol. The van der Waals surface area contributed by atoms with E-state index in [4.69, 9.17) is 5.11 Å². The molecule has 1 aromatic rings. The first-order chi connectivity index (χ1) is 5.13. The Morgan fingerprint density at radius 3 is 2.64 bits per heavy atom. The van der Waals surface area contributed by atoms with Gasteiger partial charge in [0.2, 0.25) is 0 Å². The molecule has 0 fully saturated rings. The fourth-order valence-electron chi connectivity index (χ4n) is 0.438. The highest BCUT2D eigenvalue weighted by atomic mass is 16.6. The molecule has 0 aliphatic heterocycles. The number of hydrogen-bond acceptors (Lipinski definition) is 6. The average molecular weight is 159 g/mol. The summed E-state index contributed by atoms with van der Waals surface area (Å²) in [5.41, 5.74) is -0.796. The summed E-state index contributed by atoms with van der Waals surface area (Å²) in [5.74, 6) is -2.43. The zero-order chi connectivity index (χ0) is 8.43. The van der Waals surface area contributed by atoms with E-state index in [0.717, 1.165) is 0 Å². The first-order valence-corrected chi connectivity index (χ1v) is 2.33. The summed E-state index contributed by atoms with van der Waals surface area (Å²) < 4.78 is 3.85. The van der Waals surface area contributed by atoms with Crippen molar-refractivity contribution < 1.29 is 19.5 Å². The van der Waals surface area contributed by atoms with Gasteiger partial charge in [0.15, 0.2) is 5.16 Å². The van der Waals surface area contributed by atoms with Crippen LogP contribution in [-0.4, -0.2) is 26.3 Å². The summed E-state index contributed by atoms with van der Waals surface area (Å²) in [6.45, 7) is 0. The summed E-state index contributed by atoms with van der Waals surface area (Å²) in [7, 11) is 0. The largest absolute Gasteiger partial charge is 0.476 e. The molecular formula is C3HN3O5. The predicted molar refractivity (Wildman–Crippen MR) is 27.9 cm³/mol. The quantitative estimate of drug-likeness (QED) is 0.463. The van der Waals surface area contributed by atoms with Gasteiger partial charge >= 0.3 is 11.8 Å². The molecule has 0 spiro atoms. The molecule has 0 saturated heterocycles. The molecule has 0 bridgehead atoms. The van der Waals surface area contributed by atoms with E-state index >= 15 is 0 Å². The maximum absolute atomic E-state index is 10.1. The Morgan fingerprint density at radius 1 is 1.64 bits per heavy atom. The number of carboxylic acids is 1. The molecular weight excluding hydrogens is 158 g/mol. The molecule has 0 radical (unpaired) electrons. The van der Waals surface area contributed by atoms with Crippen molar-refractivity contribution in [1.82, 2.24) is 10.3 Å². The van der Waals surface area contributed by atoms with Crippen LogP contribution in [-0.2, 0) is 0 Å². The van der Waals surface area contributed by atoms with E-state index in [9.17, 15) is 14.9 Å². The standard InChI is InChI=1S/C3HN3O5/c7-3(8)1-2(6(9)10)5-11-4-1/h(H,7,8). The van der Waals surface area contributed by atoms with Crippen molar-refractivity contribution in [2.24, 2.45) is 0 Å². The van der Waals surface area contributed by atoms with Crippen LogP contribution in [0, 0.1) is 10.1 Å². The topological polar surface area (TPSA) is 119 Å². The van der Waals surface area contributed by atoms with E-state index in [0.29, 0.717) is 0 Å². The molecule has 8 nitrogen and oxygen atoms in total. The number of carboxylic acid groups (broad SMARTS) is 1. The van der Waals surface area contributed by atoms with E-state index in [1.165, 1.54) is 0 Å². The van der Waals surface area contributed by atoms with E-state index in [-0.39, 0.29) is 0 Å². The Bertz CT molecular complexity index is 275. The van der Waals surface area contributed by atoms with Gasteiger partial charge in [0.05, 0.1) is 0 Å². The fourth-order valence-corrected chi connectivity index (χ4v) is 0.438. The van der Waals surface area contributed by atoms with E-state index in [1.54, 1.807) is 0 Å². The Labute approximate surface area is 58.5 Å². The molecule has 11 heavy (non-hydrogen) atoms. The van der Waals surface area contributed by atoms with Gasteiger partial charge in [0.1, 0.15) is 0 Å². The van der Waals surface area contributed by atoms with E-state index < -0.39 is 22.4 Å². The lowest BCUT2D eigenvalue weighted by atomic mass is 10.4. The number of aromatic carboxylic acids is 1. The van der Waals surface area contributed by atoms with Crippen LogP contribution in [0.5, 0.6) is 0 Å². The summed E-state index contributed by atoms with van der Waals surface area (Å²) in [6, 6.07) is 0. The smallest absolute Gasteiger partial charge is 0.449 e. The van der Waals surface area contributed by atoms with Gasteiger partial charge in [-0.1, -0.05) is 0 Å². The summed E-state index contributed by atoms with van der Waals surface area (Å²) in [6.07, 6.45) is 0. The molecule has 0 aliphatic rings. The molecule has 1 aromatic heterocycles. The third kappa shape index (κ3) is 1.13. The van der Waals surface area contributed by atoms with Crippen LogP contribution in [0.15, 0.2) is 4.63 Å². The number of carbonyl (C=O) groups is 1. The van der Waals surface area contributed by atoms with Crippen LogP contribution in [0.1, 0.15) is 10.5 Å². The molecule has 0 atom stereocenters. The number of aromatic nitrogens is 2. The summed E-state index contributed by atoms with van der Waals surface area (Å²) in [4.78, 5) is 19.1. The highest BCUT2D eigenvalue weighted by Gasteiger charge is 2.27. The van der Waals surface area contributed by atoms with Crippen molar-refractivity contribution in [1.29, 1.82) is 0 Å². The fraction of sp³-hybridized carbons (Fsp3) is 0. The van der Waals surface area contributed by atoms with Crippen LogP contribution < -0.4 is 0 Å². The van der Waals surface area contributed by atoms with Crippen molar-refractivity contribution >= 4 is 11.8 Å². The molecule has 1 N–H and O–H groups in total. The highest BCUT2D eigenvalue weighted by molar-refractivity contribution is 5.88. The molecule has 1 rings (SSSR count).